The van der Waals surface area contributed by atoms with Crippen LogP contribution in [0.3, 0.4) is 0 Å². The van der Waals surface area contributed by atoms with E-state index >= 15 is 0 Å². The fourth-order valence-electron chi connectivity index (χ4n) is 2.92. The van der Waals surface area contributed by atoms with Gasteiger partial charge in [0.1, 0.15) is 12.1 Å². The Balaban J connectivity index is 1.93. The summed E-state index contributed by atoms with van der Waals surface area (Å²) in [5.41, 5.74) is 0.205. The highest BCUT2D eigenvalue weighted by molar-refractivity contribution is 5.76. The summed E-state index contributed by atoms with van der Waals surface area (Å²) in [6.07, 6.45) is 0.419. The molecule has 1 fully saturated rings. The van der Waals surface area contributed by atoms with Crippen LogP contribution < -0.4 is 14.8 Å². The van der Waals surface area contributed by atoms with Crippen LogP contribution in [0.1, 0.15) is 24.9 Å². The van der Waals surface area contributed by atoms with Gasteiger partial charge in [0.2, 0.25) is 6.79 Å². The lowest BCUT2D eigenvalue weighted by molar-refractivity contribution is -0.142. The number of carbonyl (C=O) groups is 1. The summed E-state index contributed by atoms with van der Waals surface area (Å²) in [7, 11) is 1.35. The number of hydrogen-bond acceptors (Lipinski definition) is 5. The van der Waals surface area contributed by atoms with Crippen molar-refractivity contribution in [3.05, 3.63) is 35.2 Å². The number of ether oxygens (including phenoxy) is 3. The van der Waals surface area contributed by atoms with Crippen LogP contribution in [0.4, 0.5) is 0 Å². The molecule has 0 amide bonds. The highest BCUT2D eigenvalue weighted by Gasteiger charge is 2.53. The Morgan fingerprint density at radius 1 is 1.48 bits per heavy atom. The van der Waals surface area contributed by atoms with Crippen molar-refractivity contribution < 1.29 is 19.0 Å². The first kappa shape index (κ1) is 13.7. The lowest BCUT2D eigenvalue weighted by Crippen LogP contribution is -2.33. The van der Waals surface area contributed by atoms with Gasteiger partial charge in [-0.1, -0.05) is 6.07 Å². The van der Waals surface area contributed by atoms with Crippen molar-refractivity contribution in [3.63, 3.8) is 0 Å². The fraction of sp³-hybridized carbons (Fsp3) is 0.467. The molecule has 1 aromatic carbocycles. The Morgan fingerprint density at radius 3 is 2.95 bits per heavy atom. The molecule has 0 saturated carbocycles. The van der Waals surface area contributed by atoms with Crippen molar-refractivity contribution in [2.45, 2.75) is 31.0 Å². The highest BCUT2D eigenvalue weighted by Crippen LogP contribution is 2.42. The predicted octanol–water partition coefficient (Wildman–Crippen LogP) is 1.67. The van der Waals surface area contributed by atoms with Gasteiger partial charge in [0.05, 0.1) is 13.5 Å². The summed E-state index contributed by atoms with van der Waals surface area (Å²) in [5, 5.41) is 3.21. The lowest BCUT2D eigenvalue weighted by atomic mass is 9.87. The maximum Gasteiger partial charge on any atom is 0.323 e. The van der Waals surface area contributed by atoms with Gasteiger partial charge in [0.25, 0.3) is 5.54 Å². The third-order valence-electron chi connectivity index (χ3n) is 4.08. The Hall–Kier alpha value is -2.26. The highest BCUT2D eigenvalue weighted by atomic mass is 16.7. The number of esters is 1. The van der Waals surface area contributed by atoms with Crippen LogP contribution in [-0.4, -0.2) is 31.5 Å². The van der Waals surface area contributed by atoms with E-state index in [9.17, 15) is 4.79 Å². The molecule has 2 heterocycles. The van der Waals surface area contributed by atoms with E-state index < -0.39 is 11.6 Å². The Labute approximate surface area is 122 Å². The molecule has 0 bridgehead atoms. The maximum atomic E-state index is 11.7. The van der Waals surface area contributed by atoms with E-state index in [0.717, 1.165) is 5.56 Å². The van der Waals surface area contributed by atoms with E-state index in [1.807, 2.05) is 25.1 Å². The Morgan fingerprint density at radius 2 is 2.24 bits per heavy atom. The molecule has 1 N–H and O–H groups in total. The van der Waals surface area contributed by atoms with Crippen molar-refractivity contribution in [1.82, 2.24) is 5.32 Å². The maximum absolute atomic E-state index is 11.7. The number of nitrogens with zero attached hydrogens (tertiary/aromatic N) is 1. The molecule has 6 heteroatoms. The fourth-order valence-corrected chi connectivity index (χ4v) is 2.92. The standard InChI is InChI=1S/C15H16N2O4/c1-15(16-2)7-10(14(18)19-3)17-13(15)9-4-5-11-12(6-9)21-8-20-11/h4-6,10,13,17H,7-8H2,1,3H3/t10-,13-,15-/m0/s1. The van der Waals surface area contributed by atoms with E-state index in [0.29, 0.717) is 17.9 Å². The van der Waals surface area contributed by atoms with Gasteiger partial charge in [-0.3, -0.25) is 10.1 Å². The van der Waals surface area contributed by atoms with Crippen LogP contribution in [0.2, 0.25) is 0 Å². The molecule has 2 aliphatic heterocycles. The van der Waals surface area contributed by atoms with Crippen LogP contribution in [0.5, 0.6) is 11.5 Å². The molecule has 6 nitrogen and oxygen atoms in total. The molecule has 1 aromatic rings. The van der Waals surface area contributed by atoms with Gasteiger partial charge in [0, 0.05) is 6.92 Å². The van der Waals surface area contributed by atoms with E-state index in [2.05, 4.69) is 10.2 Å². The smallest absolute Gasteiger partial charge is 0.323 e. The number of hydrogen-bond donors (Lipinski definition) is 1. The topological polar surface area (TPSA) is 61.2 Å². The van der Waals surface area contributed by atoms with Crippen LogP contribution in [0, 0.1) is 6.57 Å². The largest absolute Gasteiger partial charge is 0.468 e. The summed E-state index contributed by atoms with van der Waals surface area (Å²) in [6.45, 7) is 9.56. The van der Waals surface area contributed by atoms with Crippen LogP contribution in [-0.2, 0) is 9.53 Å². The number of carbonyl (C=O) groups excluding carboxylic acids is 1. The summed E-state index contributed by atoms with van der Waals surface area (Å²) in [5.74, 6) is 1.03. The average molecular weight is 288 g/mol. The molecular weight excluding hydrogens is 272 g/mol. The second-order valence-corrected chi connectivity index (χ2v) is 5.46. The third-order valence-corrected chi connectivity index (χ3v) is 4.08. The predicted molar refractivity (Wildman–Crippen MR) is 73.9 cm³/mol. The molecule has 0 radical (unpaired) electrons. The zero-order valence-electron chi connectivity index (χ0n) is 11.9. The first-order valence-corrected chi connectivity index (χ1v) is 6.69. The minimum absolute atomic E-state index is 0.210. The molecule has 1 saturated heterocycles. The minimum atomic E-state index is -0.702. The lowest BCUT2D eigenvalue weighted by Gasteiger charge is -2.19. The van der Waals surface area contributed by atoms with Gasteiger partial charge in [-0.15, -0.1) is 0 Å². The molecule has 0 aromatic heterocycles. The summed E-state index contributed by atoms with van der Waals surface area (Å²) >= 11 is 0. The first-order chi connectivity index (χ1) is 10.1. The van der Waals surface area contributed by atoms with E-state index in [4.69, 9.17) is 20.8 Å². The van der Waals surface area contributed by atoms with E-state index in [1.54, 1.807) is 0 Å². The summed E-state index contributed by atoms with van der Waals surface area (Å²) in [6, 6.07) is 4.87. The van der Waals surface area contributed by atoms with E-state index in [1.165, 1.54) is 7.11 Å². The van der Waals surface area contributed by atoms with Crippen molar-refractivity contribution in [1.29, 1.82) is 0 Å². The summed E-state index contributed by atoms with van der Waals surface area (Å²) in [4.78, 5) is 15.5. The molecule has 3 rings (SSSR count). The van der Waals surface area contributed by atoms with Crippen molar-refractivity contribution in [2.75, 3.05) is 13.9 Å². The minimum Gasteiger partial charge on any atom is -0.468 e. The average Bonchev–Trinajstić information content (AvgIpc) is 3.10. The molecule has 21 heavy (non-hydrogen) atoms. The van der Waals surface area contributed by atoms with Crippen molar-refractivity contribution >= 4 is 5.97 Å². The van der Waals surface area contributed by atoms with Crippen LogP contribution >= 0.6 is 0 Å². The molecule has 0 aliphatic carbocycles. The molecule has 110 valence electrons. The van der Waals surface area contributed by atoms with Gasteiger partial charge in [-0.2, -0.15) is 0 Å². The monoisotopic (exact) mass is 288 g/mol. The van der Waals surface area contributed by atoms with Gasteiger partial charge < -0.3 is 19.1 Å². The molecule has 0 unspecified atom stereocenters. The van der Waals surface area contributed by atoms with Gasteiger partial charge in [0.15, 0.2) is 11.5 Å². The molecule has 0 spiro atoms. The van der Waals surface area contributed by atoms with Gasteiger partial charge in [-0.25, -0.2) is 6.57 Å². The van der Waals surface area contributed by atoms with Crippen molar-refractivity contribution in [3.8, 4) is 11.5 Å². The Kier molecular flexibility index (Phi) is 3.22. The zero-order valence-corrected chi connectivity index (χ0v) is 11.9. The van der Waals surface area contributed by atoms with Crippen molar-refractivity contribution in [2.24, 2.45) is 0 Å². The number of rotatable bonds is 2. The third kappa shape index (κ3) is 2.20. The summed E-state index contributed by atoms with van der Waals surface area (Å²) < 4.78 is 15.5. The Bertz CT molecular complexity index is 625. The molecule has 3 atom stereocenters. The number of fused-ring (bicyclic) bond motifs is 1. The zero-order chi connectivity index (χ0) is 15.0. The second-order valence-electron chi connectivity index (χ2n) is 5.46. The van der Waals surface area contributed by atoms with Gasteiger partial charge in [-0.05, 0) is 17.7 Å². The van der Waals surface area contributed by atoms with Crippen LogP contribution in [0.15, 0.2) is 18.2 Å². The van der Waals surface area contributed by atoms with E-state index in [-0.39, 0.29) is 18.8 Å². The quantitative estimate of drug-likeness (QED) is 0.662. The first-order valence-electron chi connectivity index (χ1n) is 6.69. The number of methoxy groups -OCH3 is 1. The van der Waals surface area contributed by atoms with Crippen LogP contribution in [0.25, 0.3) is 4.85 Å². The normalized spacial score (nSPS) is 30.0. The molecular formula is C15H16N2O4. The number of benzene rings is 1. The second kappa shape index (κ2) is 4.93. The van der Waals surface area contributed by atoms with Gasteiger partial charge >= 0.3 is 5.97 Å². The number of nitrogens with one attached hydrogen (secondary N) is 1. The molecule has 2 aliphatic rings. The SMILES string of the molecule is [C-]#[N+][C@@]1(C)C[C@@H](C(=O)OC)N[C@H]1c1ccc2c(c1)OCO2.